The van der Waals surface area contributed by atoms with Gasteiger partial charge >= 0.3 is 12.1 Å². The van der Waals surface area contributed by atoms with Crippen molar-refractivity contribution >= 4 is 23.7 Å². The van der Waals surface area contributed by atoms with Crippen LogP contribution >= 0.6 is 0 Å². The summed E-state index contributed by atoms with van der Waals surface area (Å²) in [4.78, 5) is 36.2. The Kier molecular flexibility index (Phi) is 6.83. The fourth-order valence-corrected chi connectivity index (χ4v) is 4.20. The van der Waals surface area contributed by atoms with E-state index in [1.807, 2.05) is 36.4 Å². The molecule has 10 nitrogen and oxygen atoms in total. The predicted octanol–water partition coefficient (Wildman–Crippen LogP) is 2.85. The molecular formula is C25H26N4O6. The first-order valence-corrected chi connectivity index (χ1v) is 11.0. The van der Waals surface area contributed by atoms with E-state index in [1.54, 1.807) is 0 Å². The first-order valence-electron chi connectivity index (χ1n) is 11.0. The van der Waals surface area contributed by atoms with Crippen LogP contribution in [0, 0.1) is 0 Å². The molecule has 1 aliphatic carbocycles. The Hall–Kier alpha value is -4.18. The van der Waals surface area contributed by atoms with Gasteiger partial charge in [-0.2, -0.15) is 5.10 Å². The number of carbonyl (C=O) groups excluding carboxylic acids is 2. The van der Waals surface area contributed by atoms with Gasteiger partial charge in [-0.15, -0.1) is 0 Å². The number of nitrogens with zero attached hydrogens (tertiary/aromatic N) is 2. The number of nitrogens with one attached hydrogen (secondary N) is 2. The number of carboxylic acid groups (broad SMARTS) is 1. The largest absolute Gasteiger partial charge is 0.479 e. The third-order valence-electron chi connectivity index (χ3n) is 5.85. The average Bonchev–Trinajstić information content (AvgIpc) is 3.39. The van der Waals surface area contributed by atoms with Crippen LogP contribution in [0.25, 0.3) is 11.1 Å². The Labute approximate surface area is 201 Å². The first kappa shape index (κ1) is 24.0. The summed E-state index contributed by atoms with van der Waals surface area (Å²) in [6.07, 6.45) is 2.18. The van der Waals surface area contributed by atoms with Crippen molar-refractivity contribution in [3.8, 4) is 11.1 Å². The lowest BCUT2D eigenvalue weighted by molar-refractivity contribution is -0.149. The van der Waals surface area contributed by atoms with Crippen LogP contribution in [-0.2, 0) is 25.6 Å². The molecular weight excluding hydrogens is 452 g/mol. The van der Waals surface area contributed by atoms with E-state index >= 15 is 0 Å². The molecule has 0 saturated carbocycles. The van der Waals surface area contributed by atoms with Gasteiger partial charge in [0.05, 0.1) is 18.5 Å². The molecule has 3 N–H and O–H groups in total. The van der Waals surface area contributed by atoms with Crippen molar-refractivity contribution in [1.29, 1.82) is 0 Å². The van der Waals surface area contributed by atoms with E-state index in [2.05, 4.69) is 27.9 Å². The van der Waals surface area contributed by atoms with Gasteiger partial charge in [-0.25, -0.2) is 9.59 Å². The average molecular weight is 479 g/mol. The lowest BCUT2D eigenvalue weighted by atomic mass is 9.98. The number of fused-ring (bicyclic) bond motifs is 3. The molecule has 1 heterocycles. The molecule has 2 amide bonds. The zero-order valence-electron chi connectivity index (χ0n) is 19.4. The number of benzene rings is 2. The molecule has 182 valence electrons. The second kappa shape index (κ2) is 9.98. The Morgan fingerprint density at radius 1 is 1.09 bits per heavy atom. The second-order valence-electron chi connectivity index (χ2n) is 8.50. The summed E-state index contributed by atoms with van der Waals surface area (Å²) in [5.74, 6) is -1.84. The number of ether oxygens (including phenoxy) is 2. The Morgan fingerprint density at radius 2 is 1.71 bits per heavy atom. The van der Waals surface area contributed by atoms with E-state index in [-0.39, 0.29) is 25.7 Å². The van der Waals surface area contributed by atoms with E-state index < -0.39 is 23.5 Å². The Bertz CT molecular complexity index is 1210. The fourth-order valence-electron chi connectivity index (χ4n) is 4.20. The minimum Gasteiger partial charge on any atom is -0.479 e. The molecule has 1 unspecified atom stereocenters. The standard InChI is InChI=1S/C25H26N4O6/c1-25(15-34-2,23(31)32)28-22(30)13-29-12-16(11-26-29)27-24(33)35-14-21-19-9-5-3-7-17(19)18-8-4-6-10-20(18)21/h3-12,21H,13-15H2,1-2H3,(H,27,33)(H,28,30)(H,31,32). The number of carbonyl (C=O) groups is 3. The van der Waals surface area contributed by atoms with Crippen molar-refractivity contribution in [2.24, 2.45) is 0 Å². The van der Waals surface area contributed by atoms with Crippen molar-refractivity contribution in [3.63, 3.8) is 0 Å². The van der Waals surface area contributed by atoms with Gasteiger partial charge in [0.1, 0.15) is 13.2 Å². The van der Waals surface area contributed by atoms with E-state index in [1.165, 1.54) is 31.1 Å². The van der Waals surface area contributed by atoms with Crippen LogP contribution in [0.1, 0.15) is 24.0 Å². The highest BCUT2D eigenvalue weighted by Crippen LogP contribution is 2.44. The van der Waals surface area contributed by atoms with Crippen molar-refractivity contribution in [3.05, 3.63) is 72.1 Å². The van der Waals surface area contributed by atoms with Gasteiger partial charge in [0, 0.05) is 19.2 Å². The third-order valence-corrected chi connectivity index (χ3v) is 5.85. The summed E-state index contributed by atoms with van der Waals surface area (Å²) >= 11 is 0. The maximum absolute atomic E-state index is 12.4. The molecule has 0 aliphatic heterocycles. The Balaban J connectivity index is 1.33. The van der Waals surface area contributed by atoms with Crippen molar-refractivity contribution in [1.82, 2.24) is 15.1 Å². The van der Waals surface area contributed by atoms with Crippen LogP contribution in [0.2, 0.25) is 0 Å². The number of amides is 2. The second-order valence-corrected chi connectivity index (χ2v) is 8.50. The number of rotatable bonds is 9. The highest BCUT2D eigenvalue weighted by Gasteiger charge is 2.35. The smallest absolute Gasteiger partial charge is 0.411 e. The van der Waals surface area contributed by atoms with Crippen LogP contribution in [0.4, 0.5) is 10.5 Å². The van der Waals surface area contributed by atoms with E-state index in [4.69, 9.17) is 9.47 Å². The highest BCUT2D eigenvalue weighted by molar-refractivity contribution is 5.87. The molecule has 0 saturated heterocycles. The third kappa shape index (κ3) is 5.17. The van der Waals surface area contributed by atoms with E-state index in [0.29, 0.717) is 5.69 Å². The quantitative estimate of drug-likeness (QED) is 0.431. The number of aromatic nitrogens is 2. The SMILES string of the molecule is COCC(C)(NC(=O)Cn1cc(NC(=O)OCC2c3ccccc3-c3ccccc32)cn1)C(=O)O. The van der Waals surface area contributed by atoms with Crippen LogP contribution in [0.5, 0.6) is 0 Å². The molecule has 35 heavy (non-hydrogen) atoms. The van der Waals surface area contributed by atoms with Crippen molar-refractivity contribution in [2.45, 2.75) is 24.9 Å². The van der Waals surface area contributed by atoms with Gasteiger partial charge in [-0.1, -0.05) is 48.5 Å². The van der Waals surface area contributed by atoms with Gasteiger partial charge < -0.3 is 19.9 Å². The number of hydrogen-bond acceptors (Lipinski definition) is 6. The molecule has 0 fully saturated rings. The topological polar surface area (TPSA) is 132 Å². The van der Waals surface area contributed by atoms with Gasteiger partial charge in [-0.05, 0) is 29.2 Å². The minimum absolute atomic E-state index is 0.0600. The summed E-state index contributed by atoms with van der Waals surface area (Å²) in [7, 11) is 1.35. The summed E-state index contributed by atoms with van der Waals surface area (Å²) in [6, 6.07) is 16.1. The molecule has 2 aromatic carbocycles. The fraction of sp³-hybridized carbons (Fsp3) is 0.280. The molecule has 0 bridgehead atoms. The van der Waals surface area contributed by atoms with E-state index in [9.17, 15) is 19.5 Å². The molecule has 0 radical (unpaired) electrons. The Morgan fingerprint density at radius 3 is 2.31 bits per heavy atom. The monoisotopic (exact) mass is 478 g/mol. The molecule has 1 aromatic heterocycles. The van der Waals surface area contributed by atoms with Gasteiger partial charge in [0.15, 0.2) is 5.54 Å². The molecule has 10 heteroatoms. The summed E-state index contributed by atoms with van der Waals surface area (Å²) in [5, 5.41) is 18.4. The van der Waals surface area contributed by atoms with E-state index in [0.717, 1.165) is 22.3 Å². The van der Waals surface area contributed by atoms with Crippen LogP contribution < -0.4 is 10.6 Å². The van der Waals surface area contributed by atoms with Gasteiger partial charge in [0.25, 0.3) is 0 Å². The van der Waals surface area contributed by atoms with Crippen molar-refractivity contribution in [2.75, 3.05) is 25.6 Å². The highest BCUT2D eigenvalue weighted by atomic mass is 16.5. The number of anilines is 1. The van der Waals surface area contributed by atoms with Gasteiger partial charge in [0.2, 0.25) is 5.91 Å². The zero-order valence-corrected chi connectivity index (χ0v) is 19.4. The molecule has 4 rings (SSSR count). The first-order chi connectivity index (χ1) is 16.8. The van der Waals surface area contributed by atoms with Crippen molar-refractivity contribution < 1.29 is 29.0 Å². The summed E-state index contributed by atoms with van der Waals surface area (Å²) in [6.45, 7) is 1.09. The molecule has 1 aliphatic rings. The molecule has 0 spiro atoms. The lowest BCUT2D eigenvalue weighted by Gasteiger charge is -2.25. The number of carboxylic acids is 1. The number of methoxy groups -OCH3 is 1. The molecule has 1 atom stereocenters. The van der Waals surface area contributed by atoms with Crippen LogP contribution in [0.15, 0.2) is 60.9 Å². The zero-order chi connectivity index (χ0) is 25.0. The maximum atomic E-state index is 12.4. The van der Waals surface area contributed by atoms with Crippen LogP contribution in [0.3, 0.4) is 0 Å². The maximum Gasteiger partial charge on any atom is 0.411 e. The summed E-state index contributed by atoms with van der Waals surface area (Å²) in [5.41, 5.74) is 3.28. The summed E-state index contributed by atoms with van der Waals surface area (Å²) < 4.78 is 11.7. The minimum atomic E-state index is -1.57. The predicted molar refractivity (Wildman–Crippen MR) is 127 cm³/mol. The van der Waals surface area contributed by atoms with Gasteiger partial charge in [-0.3, -0.25) is 14.8 Å². The lowest BCUT2D eigenvalue weighted by Crippen LogP contribution is -2.56. The van der Waals surface area contributed by atoms with Crippen LogP contribution in [-0.4, -0.2) is 58.7 Å². The molecule has 3 aromatic rings. The normalized spacial score (nSPS) is 13.9. The number of aliphatic carboxylic acids is 1. The number of hydrogen-bond donors (Lipinski definition) is 3.